The van der Waals surface area contributed by atoms with Crippen LogP contribution in [0.2, 0.25) is 0 Å². The van der Waals surface area contributed by atoms with E-state index < -0.39 is 0 Å². The Labute approximate surface area is 162 Å². The van der Waals surface area contributed by atoms with E-state index in [1.807, 2.05) is 19.2 Å². The average Bonchev–Trinajstić information content (AvgIpc) is 3.13. The van der Waals surface area contributed by atoms with E-state index in [9.17, 15) is 0 Å². The topological polar surface area (TPSA) is 117 Å². The molecule has 8 heteroatoms. The molecule has 1 aliphatic heterocycles. The first-order valence-corrected chi connectivity index (χ1v) is 9.21. The Morgan fingerprint density at radius 3 is 3.00 bits per heavy atom. The van der Waals surface area contributed by atoms with Gasteiger partial charge in [0.25, 0.3) is 0 Å². The van der Waals surface area contributed by atoms with Crippen LogP contribution < -0.4 is 10.6 Å². The van der Waals surface area contributed by atoms with Crippen LogP contribution in [0.3, 0.4) is 0 Å². The molecule has 0 amide bonds. The van der Waals surface area contributed by atoms with E-state index in [1.54, 1.807) is 6.20 Å². The number of pyridine rings is 2. The lowest BCUT2D eigenvalue weighted by Crippen LogP contribution is -2.44. The molecule has 0 radical (unpaired) electrons. The minimum Gasteiger partial charge on any atom is -0.397 e. The maximum absolute atomic E-state index is 7.34. The fraction of sp³-hybridized carbons (Fsp3) is 0.300. The number of hydrogen-bond acceptors (Lipinski definition) is 7. The van der Waals surface area contributed by atoms with Crippen LogP contribution in [0, 0.1) is 12.3 Å². The number of aromatic amines is 1. The summed E-state index contributed by atoms with van der Waals surface area (Å²) in [5, 5.41) is 15.5. The molecular formula is C20H23N7O. The number of aryl methyl sites for hydroxylation is 1. The minimum absolute atomic E-state index is 0.214. The standard InChI is InChI=1S/C20H23N7O/c1-12-11-28-8-7-27(12)18-9-15(16-10-24-26-13(16)2)14-4-6-23-20(19(14)25-18)17(22)3-5-21/h3-6,9-10,12,21H,7-8,11,22H2,1-2H3,(H,24,26)/b17-3-,21-5?. The average molecular weight is 377 g/mol. The van der Waals surface area contributed by atoms with Gasteiger partial charge in [-0.15, -0.1) is 0 Å². The van der Waals surface area contributed by atoms with E-state index in [0.717, 1.165) is 40.8 Å². The summed E-state index contributed by atoms with van der Waals surface area (Å²) in [7, 11) is 0. The molecule has 0 aromatic carbocycles. The Bertz CT molecular complexity index is 1060. The number of aromatic nitrogens is 4. The summed E-state index contributed by atoms with van der Waals surface area (Å²) in [4.78, 5) is 11.6. The molecular weight excluding hydrogens is 354 g/mol. The molecule has 1 saturated heterocycles. The number of hydrogen-bond donors (Lipinski definition) is 3. The van der Waals surface area contributed by atoms with E-state index in [1.165, 1.54) is 6.08 Å². The lowest BCUT2D eigenvalue weighted by atomic mass is 10.0. The van der Waals surface area contributed by atoms with Gasteiger partial charge in [0.1, 0.15) is 17.0 Å². The van der Waals surface area contributed by atoms with Crippen LogP contribution in [-0.2, 0) is 4.74 Å². The smallest absolute Gasteiger partial charge is 0.130 e. The van der Waals surface area contributed by atoms with E-state index in [0.29, 0.717) is 30.1 Å². The van der Waals surface area contributed by atoms with Crippen molar-refractivity contribution in [1.82, 2.24) is 20.2 Å². The first-order chi connectivity index (χ1) is 13.6. The SMILES string of the molecule is Cc1n[nH]cc1-c1cc(N2CCOCC2C)nc2c(/C(N)=C/C=N)nccc12. The number of nitrogens with one attached hydrogen (secondary N) is 2. The summed E-state index contributed by atoms with van der Waals surface area (Å²) < 4.78 is 5.59. The van der Waals surface area contributed by atoms with E-state index in [2.05, 4.69) is 33.1 Å². The molecule has 0 bridgehead atoms. The second kappa shape index (κ2) is 7.40. The van der Waals surface area contributed by atoms with Crippen LogP contribution in [0.25, 0.3) is 27.7 Å². The number of allylic oxidation sites excluding steroid dienone is 1. The van der Waals surface area contributed by atoms with Crippen molar-refractivity contribution in [2.75, 3.05) is 24.7 Å². The normalized spacial score (nSPS) is 17.9. The van der Waals surface area contributed by atoms with Gasteiger partial charge in [-0.3, -0.25) is 10.1 Å². The largest absolute Gasteiger partial charge is 0.397 e. The summed E-state index contributed by atoms with van der Waals surface area (Å²) in [5.74, 6) is 0.857. The van der Waals surface area contributed by atoms with Gasteiger partial charge in [0.15, 0.2) is 0 Å². The Morgan fingerprint density at radius 2 is 2.29 bits per heavy atom. The zero-order chi connectivity index (χ0) is 19.7. The third kappa shape index (κ3) is 3.11. The van der Waals surface area contributed by atoms with Crippen molar-refractivity contribution in [2.45, 2.75) is 19.9 Å². The molecule has 1 unspecified atom stereocenters. The number of anilines is 1. The van der Waals surface area contributed by atoms with Gasteiger partial charge < -0.3 is 20.8 Å². The summed E-state index contributed by atoms with van der Waals surface area (Å²) in [6.45, 7) is 6.20. The number of nitrogens with two attached hydrogens (primary N) is 1. The molecule has 4 heterocycles. The maximum Gasteiger partial charge on any atom is 0.130 e. The van der Waals surface area contributed by atoms with Crippen molar-refractivity contribution in [3.63, 3.8) is 0 Å². The fourth-order valence-corrected chi connectivity index (χ4v) is 3.59. The summed E-state index contributed by atoms with van der Waals surface area (Å²) in [6, 6.07) is 4.26. The number of ether oxygens (including phenoxy) is 1. The van der Waals surface area contributed by atoms with Gasteiger partial charge in [-0.2, -0.15) is 5.10 Å². The third-order valence-corrected chi connectivity index (χ3v) is 5.03. The van der Waals surface area contributed by atoms with Crippen LogP contribution in [0.15, 0.2) is 30.6 Å². The van der Waals surface area contributed by atoms with Crippen molar-refractivity contribution in [2.24, 2.45) is 5.73 Å². The molecule has 0 aliphatic carbocycles. The molecule has 1 atom stereocenters. The van der Waals surface area contributed by atoms with E-state index >= 15 is 0 Å². The second-order valence-electron chi connectivity index (χ2n) is 6.87. The number of rotatable bonds is 4. The highest BCUT2D eigenvalue weighted by molar-refractivity contribution is 6.01. The van der Waals surface area contributed by atoms with Crippen LogP contribution >= 0.6 is 0 Å². The molecule has 3 aromatic heterocycles. The fourth-order valence-electron chi connectivity index (χ4n) is 3.59. The monoisotopic (exact) mass is 377 g/mol. The molecule has 4 N–H and O–H groups in total. The van der Waals surface area contributed by atoms with Crippen molar-refractivity contribution in [3.05, 3.63) is 42.0 Å². The van der Waals surface area contributed by atoms with Crippen molar-refractivity contribution >= 4 is 28.6 Å². The van der Waals surface area contributed by atoms with Gasteiger partial charge in [-0.25, -0.2) is 4.98 Å². The van der Waals surface area contributed by atoms with Gasteiger partial charge >= 0.3 is 0 Å². The van der Waals surface area contributed by atoms with Crippen LogP contribution in [0.4, 0.5) is 5.82 Å². The molecule has 0 saturated carbocycles. The lowest BCUT2D eigenvalue weighted by Gasteiger charge is -2.34. The number of fused-ring (bicyclic) bond motifs is 1. The second-order valence-corrected chi connectivity index (χ2v) is 6.87. The first kappa shape index (κ1) is 18.1. The van der Waals surface area contributed by atoms with E-state index in [-0.39, 0.29) is 6.04 Å². The van der Waals surface area contributed by atoms with Crippen LogP contribution in [0.1, 0.15) is 18.3 Å². The maximum atomic E-state index is 7.34. The highest BCUT2D eigenvalue weighted by Gasteiger charge is 2.23. The van der Waals surface area contributed by atoms with Crippen molar-refractivity contribution in [3.8, 4) is 11.1 Å². The van der Waals surface area contributed by atoms with Crippen molar-refractivity contribution < 1.29 is 4.74 Å². The highest BCUT2D eigenvalue weighted by atomic mass is 16.5. The zero-order valence-corrected chi connectivity index (χ0v) is 15.9. The molecule has 1 fully saturated rings. The van der Waals surface area contributed by atoms with Crippen molar-refractivity contribution in [1.29, 1.82) is 5.41 Å². The summed E-state index contributed by atoms with van der Waals surface area (Å²) >= 11 is 0. The minimum atomic E-state index is 0.214. The Morgan fingerprint density at radius 1 is 1.43 bits per heavy atom. The number of morpholine rings is 1. The molecule has 4 rings (SSSR count). The van der Waals surface area contributed by atoms with Gasteiger partial charge in [0, 0.05) is 36.1 Å². The predicted octanol–water partition coefficient (Wildman–Crippen LogP) is 2.50. The van der Waals surface area contributed by atoms with E-state index in [4.69, 9.17) is 20.9 Å². The summed E-state index contributed by atoms with van der Waals surface area (Å²) in [6.07, 6.45) is 6.30. The van der Waals surface area contributed by atoms with Crippen LogP contribution in [-0.4, -0.2) is 52.2 Å². The Balaban J connectivity index is 2.01. The van der Waals surface area contributed by atoms with Gasteiger partial charge in [-0.1, -0.05) is 0 Å². The quantitative estimate of drug-likeness (QED) is 0.602. The highest BCUT2D eigenvalue weighted by Crippen LogP contribution is 2.35. The Kier molecular flexibility index (Phi) is 4.79. The lowest BCUT2D eigenvalue weighted by molar-refractivity contribution is 0.0986. The van der Waals surface area contributed by atoms with Gasteiger partial charge in [-0.05, 0) is 37.6 Å². The molecule has 144 valence electrons. The number of nitrogens with zero attached hydrogens (tertiary/aromatic N) is 4. The molecule has 28 heavy (non-hydrogen) atoms. The zero-order valence-electron chi connectivity index (χ0n) is 15.9. The predicted molar refractivity (Wildman–Crippen MR) is 110 cm³/mol. The number of H-pyrrole nitrogens is 1. The Hall–Kier alpha value is -3.26. The molecule has 1 aliphatic rings. The van der Waals surface area contributed by atoms with Gasteiger partial charge in [0.2, 0.25) is 0 Å². The molecule has 8 nitrogen and oxygen atoms in total. The molecule has 0 spiro atoms. The summed E-state index contributed by atoms with van der Waals surface area (Å²) in [5.41, 5.74) is 10.8. The van der Waals surface area contributed by atoms with Crippen LogP contribution in [0.5, 0.6) is 0 Å². The van der Waals surface area contributed by atoms with Gasteiger partial charge in [0.05, 0.1) is 30.6 Å². The third-order valence-electron chi connectivity index (χ3n) is 5.03. The first-order valence-electron chi connectivity index (χ1n) is 9.21. The molecule has 3 aromatic rings.